The fourth-order valence-corrected chi connectivity index (χ4v) is 4.99. The average Bonchev–Trinajstić information content (AvgIpc) is 2.43. The van der Waals surface area contributed by atoms with E-state index in [1.165, 1.54) is 6.42 Å². The van der Waals surface area contributed by atoms with E-state index in [0.717, 1.165) is 18.9 Å². The second kappa shape index (κ2) is 6.78. The molecule has 2 rings (SSSR count). The Morgan fingerprint density at radius 2 is 1.96 bits per heavy atom. The minimum atomic E-state index is -1.03. The van der Waals surface area contributed by atoms with E-state index in [9.17, 15) is 15.0 Å². The normalized spacial score (nSPS) is 36.6. The van der Waals surface area contributed by atoms with Gasteiger partial charge in [-0.1, -0.05) is 39.3 Å². The van der Waals surface area contributed by atoms with E-state index in [2.05, 4.69) is 26.8 Å². The third-order valence-corrected chi connectivity index (χ3v) is 6.16. The minimum Gasteiger partial charge on any atom is -0.478 e. The molecule has 0 amide bonds. The van der Waals surface area contributed by atoms with Gasteiger partial charge in [0.05, 0.1) is 12.7 Å². The number of carboxylic acid groups (broad SMARTS) is 1. The molecule has 1 fully saturated rings. The molecule has 0 bridgehead atoms. The zero-order valence-electron chi connectivity index (χ0n) is 14.5. The summed E-state index contributed by atoms with van der Waals surface area (Å²) in [6.45, 7) is 6.64. The van der Waals surface area contributed by atoms with Crippen molar-refractivity contribution in [2.75, 3.05) is 6.61 Å². The molecule has 0 spiro atoms. The molecule has 4 atom stereocenters. The number of fused-ring (bicyclic) bond motifs is 1. The topological polar surface area (TPSA) is 77.8 Å². The summed E-state index contributed by atoms with van der Waals surface area (Å²) in [4.78, 5) is 10.8. The predicted molar refractivity (Wildman–Crippen MR) is 89.9 cm³/mol. The van der Waals surface area contributed by atoms with E-state index in [4.69, 9.17) is 5.11 Å². The van der Waals surface area contributed by atoms with Gasteiger partial charge in [-0.05, 0) is 53.9 Å². The van der Waals surface area contributed by atoms with Crippen LogP contribution in [0.2, 0.25) is 0 Å². The van der Waals surface area contributed by atoms with Crippen LogP contribution in [0.4, 0.5) is 0 Å². The summed E-state index contributed by atoms with van der Waals surface area (Å²) in [6.07, 6.45) is 9.38. The van der Waals surface area contributed by atoms with Crippen LogP contribution in [0.3, 0.4) is 0 Å². The first-order chi connectivity index (χ1) is 10.7. The van der Waals surface area contributed by atoms with Gasteiger partial charge >= 0.3 is 5.97 Å². The molecule has 2 aliphatic carbocycles. The molecule has 2 aliphatic rings. The van der Waals surface area contributed by atoms with Gasteiger partial charge in [-0.2, -0.15) is 0 Å². The third-order valence-electron chi connectivity index (χ3n) is 6.16. The Hall–Kier alpha value is -1.13. The van der Waals surface area contributed by atoms with Gasteiger partial charge in [0.1, 0.15) is 0 Å². The standard InChI is InChI=1S/C19H30O4/c1-18(2)9-4-10-19(3)14(15(21)7-8-16(18)19)6-5-13(12-20)11-17(22)23/h7-8,11,14-16,20-21H,4-6,9-10,12H2,1-3H3,(H,22,23). The molecule has 4 unspecified atom stereocenters. The van der Waals surface area contributed by atoms with Crippen molar-refractivity contribution >= 4 is 5.97 Å². The highest BCUT2D eigenvalue weighted by molar-refractivity contribution is 5.80. The van der Waals surface area contributed by atoms with Crippen molar-refractivity contribution in [1.82, 2.24) is 0 Å². The van der Waals surface area contributed by atoms with Gasteiger partial charge in [0.15, 0.2) is 0 Å². The molecule has 0 aromatic heterocycles. The maximum Gasteiger partial charge on any atom is 0.328 e. The van der Waals surface area contributed by atoms with Gasteiger partial charge in [-0.25, -0.2) is 4.79 Å². The lowest BCUT2D eigenvalue weighted by molar-refractivity contribution is -0.131. The van der Waals surface area contributed by atoms with Crippen molar-refractivity contribution in [3.8, 4) is 0 Å². The Bertz CT molecular complexity index is 505. The lowest BCUT2D eigenvalue weighted by Crippen LogP contribution is -2.51. The van der Waals surface area contributed by atoms with Crippen LogP contribution in [0.1, 0.15) is 52.9 Å². The van der Waals surface area contributed by atoms with Crippen LogP contribution in [-0.2, 0) is 4.79 Å². The molecule has 0 aromatic carbocycles. The van der Waals surface area contributed by atoms with E-state index in [-0.39, 0.29) is 23.4 Å². The van der Waals surface area contributed by atoms with E-state index in [1.54, 1.807) is 0 Å². The van der Waals surface area contributed by atoms with Crippen molar-refractivity contribution in [2.24, 2.45) is 22.7 Å². The summed E-state index contributed by atoms with van der Waals surface area (Å²) in [5.41, 5.74) is 0.771. The van der Waals surface area contributed by atoms with E-state index < -0.39 is 12.1 Å². The Kier molecular flexibility index (Phi) is 5.37. The molecule has 1 saturated carbocycles. The molecule has 4 nitrogen and oxygen atoms in total. The van der Waals surface area contributed by atoms with Crippen molar-refractivity contribution in [3.63, 3.8) is 0 Å². The number of carbonyl (C=O) groups is 1. The van der Waals surface area contributed by atoms with Gasteiger partial charge in [-0.3, -0.25) is 0 Å². The fourth-order valence-electron chi connectivity index (χ4n) is 4.99. The van der Waals surface area contributed by atoms with E-state index in [0.29, 0.717) is 24.3 Å². The van der Waals surface area contributed by atoms with Crippen LogP contribution in [0.15, 0.2) is 23.8 Å². The van der Waals surface area contributed by atoms with Crippen LogP contribution >= 0.6 is 0 Å². The van der Waals surface area contributed by atoms with Gasteiger partial charge in [-0.15, -0.1) is 0 Å². The van der Waals surface area contributed by atoms with Crippen LogP contribution in [-0.4, -0.2) is 34.0 Å². The predicted octanol–water partition coefficient (Wildman–Crippen LogP) is 3.15. The molecular weight excluding hydrogens is 292 g/mol. The van der Waals surface area contributed by atoms with Crippen molar-refractivity contribution < 1.29 is 20.1 Å². The maximum atomic E-state index is 10.8. The molecule has 130 valence electrons. The number of hydrogen-bond donors (Lipinski definition) is 3. The summed E-state index contributed by atoms with van der Waals surface area (Å²) < 4.78 is 0. The Morgan fingerprint density at radius 1 is 1.26 bits per heavy atom. The number of hydrogen-bond acceptors (Lipinski definition) is 3. The lowest BCUT2D eigenvalue weighted by Gasteiger charge is -2.56. The molecule has 0 heterocycles. The highest BCUT2D eigenvalue weighted by atomic mass is 16.4. The summed E-state index contributed by atoms with van der Waals surface area (Å²) in [5, 5.41) is 28.7. The number of rotatable bonds is 5. The van der Waals surface area contributed by atoms with E-state index >= 15 is 0 Å². The highest BCUT2D eigenvalue weighted by Crippen LogP contribution is 2.58. The van der Waals surface area contributed by atoms with Crippen molar-refractivity contribution in [3.05, 3.63) is 23.8 Å². The lowest BCUT2D eigenvalue weighted by atomic mass is 9.49. The fraction of sp³-hybridized carbons (Fsp3) is 0.737. The van der Waals surface area contributed by atoms with E-state index in [1.807, 2.05) is 6.08 Å². The smallest absolute Gasteiger partial charge is 0.328 e. The minimum absolute atomic E-state index is 0.0275. The van der Waals surface area contributed by atoms with Crippen LogP contribution in [0.25, 0.3) is 0 Å². The average molecular weight is 322 g/mol. The molecule has 0 saturated heterocycles. The van der Waals surface area contributed by atoms with Crippen LogP contribution < -0.4 is 0 Å². The molecular formula is C19H30O4. The van der Waals surface area contributed by atoms with Gasteiger partial charge in [0.2, 0.25) is 0 Å². The largest absolute Gasteiger partial charge is 0.478 e. The maximum absolute atomic E-state index is 10.8. The molecule has 0 aromatic rings. The first-order valence-corrected chi connectivity index (χ1v) is 8.60. The quantitative estimate of drug-likeness (QED) is 0.537. The number of aliphatic hydroxyl groups excluding tert-OH is 2. The summed E-state index contributed by atoms with van der Waals surface area (Å²) >= 11 is 0. The first-order valence-electron chi connectivity index (χ1n) is 8.60. The van der Waals surface area contributed by atoms with Crippen LogP contribution in [0.5, 0.6) is 0 Å². The second-order valence-electron chi connectivity index (χ2n) is 8.15. The molecule has 23 heavy (non-hydrogen) atoms. The van der Waals surface area contributed by atoms with Gasteiger partial charge in [0, 0.05) is 6.08 Å². The molecule has 0 radical (unpaired) electrons. The zero-order valence-corrected chi connectivity index (χ0v) is 14.5. The van der Waals surface area contributed by atoms with Crippen LogP contribution in [0, 0.1) is 22.7 Å². The monoisotopic (exact) mass is 322 g/mol. The zero-order chi connectivity index (χ0) is 17.3. The van der Waals surface area contributed by atoms with Crippen molar-refractivity contribution in [1.29, 1.82) is 0 Å². The molecule has 4 heteroatoms. The third kappa shape index (κ3) is 3.69. The molecule has 3 N–H and O–H groups in total. The number of allylic oxidation sites excluding steroid dienone is 1. The van der Waals surface area contributed by atoms with Gasteiger partial charge < -0.3 is 15.3 Å². The summed E-state index contributed by atoms with van der Waals surface area (Å²) in [5.74, 6) is -0.500. The number of carboxylic acids is 1. The number of aliphatic carboxylic acids is 1. The Labute approximate surface area is 138 Å². The Balaban J connectivity index is 2.20. The number of aliphatic hydroxyl groups is 2. The van der Waals surface area contributed by atoms with Gasteiger partial charge in [0.25, 0.3) is 0 Å². The summed E-state index contributed by atoms with van der Waals surface area (Å²) in [6, 6.07) is 0. The first kappa shape index (κ1) is 18.2. The second-order valence-corrected chi connectivity index (χ2v) is 8.15. The summed E-state index contributed by atoms with van der Waals surface area (Å²) in [7, 11) is 0. The van der Waals surface area contributed by atoms with Crippen molar-refractivity contribution in [2.45, 2.75) is 59.0 Å². The molecule has 0 aliphatic heterocycles. The Morgan fingerprint density at radius 3 is 2.57 bits per heavy atom. The highest BCUT2D eigenvalue weighted by Gasteiger charge is 2.52. The SMILES string of the molecule is CC1(C)CCCC2(C)C(CCC(=CC(=O)O)CO)C(O)C=CC12.